The van der Waals surface area contributed by atoms with Crippen molar-refractivity contribution in [2.45, 2.75) is 25.3 Å². The fourth-order valence-corrected chi connectivity index (χ4v) is 5.25. The van der Waals surface area contributed by atoms with Crippen LogP contribution in [0, 0.1) is 11.7 Å². The summed E-state index contributed by atoms with van der Waals surface area (Å²) < 4.78 is 18.9. The molecule has 30 heavy (non-hydrogen) atoms. The van der Waals surface area contributed by atoms with Gasteiger partial charge in [-0.05, 0) is 55.2 Å². The van der Waals surface area contributed by atoms with E-state index in [-0.39, 0.29) is 23.7 Å². The summed E-state index contributed by atoms with van der Waals surface area (Å²) in [4.78, 5) is 20.2. The number of hydrogen-bond acceptors (Lipinski definition) is 4. The molecule has 1 amide bonds. The fourth-order valence-electron chi connectivity index (χ4n) is 5.25. The quantitative estimate of drug-likeness (QED) is 0.779. The number of halogens is 1. The summed E-state index contributed by atoms with van der Waals surface area (Å²) in [6.45, 7) is 4.17. The van der Waals surface area contributed by atoms with Gasteiger partial charge in [-0.2, -0.15) is 0 Å². The Hall–Kier alpha value is -2.76. The molecule has 3 heterocycles. The predicted octanol–water partition coefficient (Wildman–Crippen LogP) is 3.32. The zero-order valence-corrected chi connectivity index (χ0v) is 17.4. The van der Waals surface area contributed by atoms with Crippen molar-refractivity contribution in [3.8, 4) is 5.75 Å². The van der Waals surface area contributed by atoms with E-state index in [2.05, 4.69) is 21.9 Å². The minimum Gasteiger partial charge on any atom is -0.497 e. The average Bonchev–Trinajstić information content (AvgIpc) is 3.33. The second kappa shape index (κ2) is 7.82. The van der Waals surface area contributed by atoms with Crippen LogP contribution in [0.1, 0.15) is 18.4 Å². The Labute approximate surface area is 177 Å². The largest absolute Gasteiger partial charge is 0.497 e. The van der Waals surface area contributed by atoms with E-state index < -0.39 is 0 Å². The minimum absolute atomic E-state index is 0.0627. The van der Waals surface area contributed by atoms with E-state index in [1.807, 2.05) is 23.1 Å². The molecule has 0 aromatic heterocycles. The number of likely N-dealkylation sites (tertiary alicyclic amines) is 1. The molecule has 2 saturated heterocycles. The molecule has 0 saturated carbocycles. The summed E-state index contributed by atoms with van der Waals surface area (Å²) in [7, 11) is 1.69. The highest BCUT2D eigenvalue weighted by atomic mass is 19.1. The topological polar surface area (TPSA) is 36.0 Å². The Morgan fingerprint density at radius 2 is 1.80 bits per heavy atom. The maximum atomic E-state index is 13.5. The molecule has 2 fully saturated rings. The number of carbonyl (C=O) groups excluding carboxylic acids is 1. The van der Waals surface area contributed by atoms with Crippen LogP contribution in [0.5, 0.6) is 5.75 Å². The van der Waals surface area contributed by atoms with Gasteiger partial charge in [-0.3, -0.25) is 4.79 Å². The van der Waals surface area contributed by atoms with Gasteiger partial charge in [0.2, 0.25) is 5.91 Å². The third-order valence-corrected chi connectivity index (χ3v) is 6.85. The van der Waals surface area contributed by atoms with Crippen molar-refractivity contribution in [1.29, 1.82) is 0 Å². The molecule has 0 unspecified atom stereocenters. The van der Waals surface area contributed by atoms with Crippen molar-refractivity contribution in [3.05, 3.63) is 53.8 Å². The third-order valence-electron chi connectivity index (χ3n) is 6.85. The second-order valence-corrected chi connectivity index (χ2v) is 8.52. The first-order valence-electron chi connectivity index (χ1n) is 10.9. The lowest BCUT2D eigenvalue weighted by molar-refractivity contribution is -0.135. The molecule has 3 aliphatic heterocycles. The number of amides is 1. The summed E-state index contributed by atoms with van der Waals surface area (Å²) in [6, 6.07) is 13.0. The molecule has 2 aromatic carbocycles. The molecular formula is C24H28FN3O2. The van der Waals surface area contributed by atoms with Gasteiger partial charge in [0.15, 0.2) is 0 Å². The van der Waals surface area contributed by atoms with Crippen molar-refractivity contribution in [2.24, 2.45) is 5.92 Å². The zero-order chi connectivity index (χ0) is 20.7. The summed E-state index contributed by atoms with van der Waals surface area (Å²) >= 11 is 0. The highest BCUT2D eigenvalue weighted by Gasteiger charge is 2.43. The molecular weight excluding hydrogens is 381 g/mol. The molecule has 5 nitrogen and oxygen atoms in total. The molecule has 0 bridgehead atoms. The summed E-state index contributed by atoms with van der Waals surface area (Å²) in [5.41, 5.74) is 3.42. The first kappa shape index (κ1) is 19.2. The Bertz CT molecular complexity index is 927. The molecule has 0 N–H and O–H groups in total. The standard InChI is InChI=1S/C24H28FN3O2/c1-30-20-9-4-17-14-21(24(29)26-10-2-3-11-26)23-16-27(12-13-28(23)22(17)15-20)19-7-5-18(25)6-8-19/h4-9,15,21,23H,2-3,10-14,16H2,1H3/t21-,23+/m0/s1. The number of piperazine rings is 1. The summed E-state index contributed by atoms with van der Waals surface area (Å²) in [6.07, 6.45) is 2.96. The van der Waals surface area contributed by atoms with E-state index in [0.717, 1.165) is 63.4 Å². The molecule has 0 spiro atoms. The van der Waals surface area contributed by atoms with Crippen molar-refractivity contribution in [3.63, 3.8) is 0 Å². The number of nitrogens with zero attached hydrogens (tertiary/aromatic N) is 3. The van der Waals surface area contributed by atoms with Gasteiger partial charge in [0.1, 0.15) is 11.6 Å². The van der Waals surface area contributed by atoms with Gasteiger partial charge in [-0.25, -0.2) is 4.39 Å². The van der Waals surface area contributed by atoms with Crippen LogP contribution in [0.2, 0.25) is 0 Å². The van der Waals surface area contributed by atoms with Crippen molar-refractivity contribution in [1.82, 2.24) is 4.90 Å². The number of anilines is 2. The van der Waals surface area contributed by atoms with Gasteiger partial charge < -0.3 is 19.4 Å². The molecule has 3 aliphatic rings. The normalized spacial score (nSPS) is 23.2. The van der Waals surface area contributed by atoms with E-state index in [1.165, 1.54) is 23.4 Å². The monoisotopic (exact) mass is 409 g/mol. The molecule has 2 aromatic rings. The van der Waals surface area contributed by atoms with Crippen LogP contribution in [-0.2, 0) is 11.2 Å². The van der Waals surface area contributed by atoms with E-state index in [0.29, 0.717) is 0 Å². The average molecular weight is 410 g/mol. The van der Waals surface area contributed by atoms with Gasteiger partial charge in [0, 0.05) is 50.2 Å². The summed E-state index contributed by atoms with van der Waals surface area (Å²) in [5.74, 6) is 0.841. The maximum Gasteiger partial charge on any atom is 0.228 e. The number of ether oxygens (including phenoxy) is 1. The first-order chi connectivity index (χ1) is 14.6. The van der Waals surface area contributed by atoms with Crippen molar-refractivity contribution < 1.29 is 13.9 Å². The number of carbonyl (C=O) groups is 1. The van der Waals surface area contributed by atoms with Gasteiger partial charge in [-0.15, -0.1) is 0 Å². The zero-order valence-electron chi connectivity index (χ0n) is 17.4. The molecule has 6 heteroatoms. The minimum atomic E-state index is -0.224. The van der Waals surface area contributed by atoms with Crippen LogP contribution >= 0.6 is 0 Å². The maximum absolute atomic E-state index is 13.5. The van der Waals surface area contributed by atoms with Crippen LogP contribution < -0.4 is 14.5 Å². The Kier molecular flexibility index (Phi) is 5.01. The predicted molar refractivity (Wildman–Crippen MR) is 116 cm³/mol. The van der Waals surface area contributed by atoms with Gasteiger partial charge in [0.05, 0.1) is 19.1 Å². The van der Waals surface area contributed by atoms with Crippen LogP contribution in [0.4, 0.5) is 15.8 Å². The van der Waals surface area contributed by atoms with E-state index >= 15 is 0 Å². The van der Waals surface area contributed by atoms with Crippen LogP contribution in [-0.4, -0.2) is 56.7 Å². The van der Waals surface area contributed by atoms with Gasteiger partial charge in [-0.1, -0.05) is 6.07 Å². The fraction of sp³-hybridized carbons (Fsp3) is 0.458. The SMILES string of the molecule is COc1ccc2c(c1)N1CCN(c3ccc(F)cc3)C[C@@H]1[C@@H](C(=O)N1CCCC1)C2. The van der Waals surface area contributed by atoms with Crippen LogP contribution in [0.25, 0.3) is 0 Å². The molecule has 5 rings (SSSR count). The molecule has 0 radical (unpaired) electrons. The lowest BCUT2D eigenvalue weighted by Crippen LogP contribution is -2.61. The first-order valence-corrected chi connectivity index (χ1v) is 10.9. The van der Waals surface area contributed by atoms with E-state index in [1.54, 1.807) is 7.11 Å². The Morgan fingerprint density at radius 1 is 1.03 bits per heavy atom. The highest BCUT2D eigenvalue weighted by Crippen LogP contribution is 2.39. The molecule has 0 aliphatic carbocycles. The number of fused-ring (bicyclic) bond motifs is 3. The highest BCUT2D eigenvalue weighted by molar-refractivity contribution is 5.83. The van der Waals surface area contributed by atoms with Crippen LogP contribution in [0.3, 0.4) is 0 Å². The smallest absolute Gasteiger partial charge is 0.228 e. The number of methoxy groups -OCH3 is 1. The Morgan fingerprint density at radius 3 is 2.53 bits per heavy atom. The molecule has 158 valence electrons. The Balaban J connectivity index is 1.48. The van der Waals surface area contributed by atoms with Crippen molar-refractivity contribution >= 4 is 17.3 Å². The van der Waals surface area contributed by atoms with E-state index in [9.17, 15) is 9.18 Å². The van der Waals surface area contributed by atoms with Gasteiger partial charge in [0.25, 0.3) is 0 Å². The van der Waals surface area contributed by atoms with Crippen molar-refractivity contribution in [2.75, 3.05) is 49.6 Å². The lowest BCUT2D eigenvalue weighted by atomic mass is 9.83. The number of rotatable bonds is 3. The number of hydrogen-bond donors (Lipinski definition) is 0. The van der Waals surface area contributed by atoms with E-state index in [4.69, 9.17) is 4.74 Å². The second-order valence-electron chi connectivity index (χ2n) is 8.52. The lowest BCUT2D eigenvalue weighted by Gasteiger charge is -2.50. The molecule has 2 atom stereocenters. The third kappa shape index (κ3) is 3.38. The number of benzene rings is 2. The van der Waals surface area contributed by atoms with Gasteiger partial charge >= 0.3 is 0 Å². The summed E-state index contributed by atoms with van der Waals surface area (Å²) in [5, 5.41) is 0. The van der Waals surface area contributed by atoms with Crippen LogP contribution in [0.15, 0.2) is 42.5 Å².